The van der Waals surface area contributed by atoms with Crippen LogP contribution in [0.3, 0.4) is 0 Å². The van der Waals surface area contributed by atoms with Gasteiger partial charge in [0.15, 0.2) is 0 Å². The topological polar surface area (TPSA) is 24.5 Å². The molecule has 3 nitrogen and oxygen atoms in total. The molecule has 92 valence electrons. The van der Waals surface area contributed by atoms with E-state index in [1.54, 1.807) is 7.11 Å². The van der Waals surface area contributed by atoms with Crippen LogP contribution in [0, 0.1) is 0 Å². The van der Waals surface area contributed by atoms with Crippen LogP contribution in [0.5, 0.6) is 5.75 Å². The number of nitrogens with one attached hydrogen (secondary N) is 1. The van der Waals surface area contributed by atoms with E-state index in [4.69, 9.17) is 4.74 Å². The lowest BCUT2D eigenvalue weighted by Gasteiger charge is -2.20. The minimum Gasteiger partial charge on any atom is -0.497 e. The monoisotopic (exact) mass is 224 g/mol. The van der Waals surface area contributed by atoms with E-state index < -0.39 is 0 Å². The van der Waals surface area contributed by atoms with Crippen LogP contribution in [0.25, 0.3) is 0 Å². The average molecular weight is 224 g/mol. The highest BCUT2D eigenvalue weighted by Gasteiger charge is 2.06. The first-order chi connectivity index (χ1) is 7.56. The van der Waals surface area contributed by atoms with Gasteiger partial charge in [0.25, 0.3) is 0 Å². The minimum absolute atomic E-state index is 0.450. The molecule has 16 heavy (non-hydrogen) atoms. The third kappa shape index (κ3) is 5.14. The first-order valence-electron chi connectivity index (χ1n) is 5.45. The van der Waals surface area contributed by atoms with Crippen molar-refractivity contribution in [2.24, 2.45) is 0 Å². The summed E-state index contributed by atoms with van der Waals surface area (Å²) in [7, 11) is 9.59. The molecule has 0 aliphatic carbocycles. The lowest BCUT2D eigenvalue weighted by molar-refractivity contribution is 0.320. The molecule has 0 aliphatic heterocycles. The van der Waals surface area contributed by atoms with Crippen molar-refractivity contribution in [2.75, 3.05) is 35.3 Å². The van der Waals surface area contributed by atoms with E-state index in [1.807, 2.05) is 26.2 Å². The van der Waals surface area contributed by atoms with Crippen LogP contribution in [-0.4, -0.2) is 40.2 Å². The number of ether oxygens (including phenoxy) is 1. The zero-order chi connectivity index (χ0) is 12.6. The van der Waals surface area contributed by atoms with Crippen LogP contribution < -0.4 is 10.1 Å². The molecule has 0 bridgehead atoms. The van der Waals surface area contributed by atoms with E-state index in [1.165, 1.54) is 5.56 Å². The Hall–Kier alpha value is -1.06. The molecule has 1 aromatic rings. The standard InChI is InChI=1S/C11H17NO.C2H7N/c1-9(12(2)3)10-5-7-11(13-4)8-6-10;1-3-2/h5-9H,1-4H3;3H,1-2H3. The molecule has 0 aliphatic rings. The first-order valence-corrected chi connectivity index (χ1v) is 5.45. The average Bonchev–Trinajstić information content (AvgIpc) is 2.29. The van der Waals surface area contributed by atoms with Gasteiger partial charge in [0, 0.05) is 6.04 Å². The highest BCUT2D eigenvalue weighted by molar-refractivity contribution is 5.28. The molecule has 0 fully saturated rings. The summed E-state index contributed by atoms with van der Waals surface area (Å²) in [5.74, 6) is 0.912. The molecule has 0 saturated carbocycles. The van der Waals surface area contributed by atoms with E-state index >= 15 is 0 Å². The van der Waals surface area contributed by atoms with Crippen molar-refractivity contribution in [3.63, 3.8) is 0 Å². The molecular formula is C13H24N2O. The van der Waals surface area contributed by atoms with Gasteiger partial charge in [-0.05, 0) is 52.8 Å². The molecule has 1 aromatic carbocycles. The fraction of sp³-hybridized carbons (Fsp3) is 0.538. The lowest BCUT2D eigenvalue weighted by atomic mass is 10.1. The van der Waals surface area contributed by atoms with Crippen LogP contribution >= 0.6 is 0 Å². The Kier molecular flexibility index (Phi) is 7.60. The van der Waals surface area contributed by atoms with Crippen molar-refractivity contribution in [3.05, 3.63) is 29.8 Å². The van der Waals surface area contributed by atoms with Crippen LogP contribution in [0.4, 0.5) is 0 Å². The summed E-state index contributed by atoms with van der Waals surface area (Å²) in [6, 6.07) is 8.64. The number of methoxy groups -OCH3 is 1. The summed E-state index contributed by atoms with van der Waals surface area (Å²) >= 11 is 0. The van der Waals surface area contributed by atoms with Crippen LogP contribution in [-0.2, 0) is 0 Å². The minimum atomic E-state index is 0.450. The number of nitrogens with zero attached hydrogens (tertiary/aromatic N) is 1. The maximum Gasteiger partial charge on any atom is 0.118 e. The summed E-state index contributed by atoms with van der Waals surface area (Å²) in [5, 5.41) is 2.75. The number of rotatable bonds is 3. The molecule has 0 saturated heterocycles. The Morgan fingerprint density at radius 3 is 1.88 bits per heavy atom. The van der Waals surface area contributed by atoms with Crippen molar-refractivity contribution in [1.82, 2.24) is 10.2 Å². The number of hydrogen-bond donors (Lipinski definition) is 1. The lowest BCUT2D eigenvalue weighted by Crippen LogP contribution is -2.16. The second-order valence-corrected chi connectivity index (χ2v) is 3.91. The predicted octanol–water partition coefficient (Wildman–Crippen LogP) is 2.15. The van der Waals surface area contributed by atoms with Crippen molar-refractivity contribution < 1.29 is 4.74 Å². The van der Waals surface area contributed by atoms with Crippen molar-refractivity contribution in [2.45, 2.75) is 13.0 Å². The Labute approximate surface area is 99.4 Å². The Bertz CT molecular complexity index is 270. The van der Waals surface area contributed by atoms with E-state index in [9.17, 15) is 0 Å². The quantitative estimate of drug-likeness (QED) is 0.851. The zero-order valence-electron chi connectivity index (χ0n) is 11.2. The summed E-state index contributed by atoms with van der Waals surface area (Å²) in [6.07, 6.45) is 0. The Balaban J connectivity index is 0.000000673. The second kappa shape index (κ2) is 8.13. The van der Waals surface area contributed by atoms with Crippen LogP contribution in [0.2, 0.25) is 0 Å². The number of hydrogen-bond acceptors (Lipinski definition) is 3. The van der Waals surface area contributed by atoms with Crippen molar-refractivity contribution in [3.8, 4) is 5.75 Å². The van der Waals surface area contributed by atoms with Gasteiger partial charge in [-0.1, -0.05) is 12.1 Å². The van der Waals surface area contributed by atoms with Gasteiger partial charge in [0.05, 0.1) is 7.11 Å². The third-order valence-corrected chi connectivity index (χ3v) is 2.37. The summed E-state index contributed by atoms with van der Waals surface area (Å²) in [5.41, 5.74) is 1.31. The van der Waals surface area contributed by atoms with Crippen LogP contribution in [0.1, 0.15) is 18.5 Å². The predicted molar refractivity (Wildman–Crippen MR) is 70.1 cm³/mol. The van der Waals surface area contributed by atoms with Gasteiger partial charge in [-0.2, -0.15) is 0 Å². The van der Waals surface area contributed by atoms with Gasteiger partial charge in [-0.25, -0.2) is 0 Å². The molecular weight excluding hydrogens is 200 g/mol. The molecule has 0 aromatic heterocycles. The smallest absolute Gasteiger partial charge is 0.118 e. The fourth-order valence-electron chi connectivity index (χ4n) is 1.18. The van der Waals surface area contributed by atoms with Gasteiger partial charge in [-0.3, -0.25) is 0 Å². The SMILES string of the molecule is CNC.COc1ccc(C(C)N(C)C)cc1. The molecule has 0 amide bonds. The third-order valence-electron chi connectivity index (χ3n) is 2.37. The van der Waals surface area contributed by atoms with Gasteiger partial charge in [-0.15, -0.1) is 0 Å². The normalized spacial score (nSPS) is 11.7. The molecule has 3 heteroatoms. The molecule has 1 atom stereocenters. The molecule has 0 radical (unpaired) electrons. The van der Waals surface area contributed by atoms with Gasteiger partial charge >= 0.3 is 0 Å². The van der Waals surface area contributed by atoms with Crippen LogP contribution in [0.15, 0.2) is 24.3 Å². The second-order valence-electron chi connectivity index (χ2n) is 3.91. The van der Waals surface area contributed by atoms with E-state index in [0.717, 1.165) is 5.75 Å². The molecule has 0 heterocycles. The highest BCUT2D eigenvalue weighted by Crippen LogP contribution is 2.19. The van der Waals surface area contributed by atoms with E-state index in [-0.39, 0.29) is 0 Å². The number of benzene rings is 1. The Morgan fingerprint density at radius 1 is 1.12 bits per heavy atom. The maximum atomic E-state index is 5.10. The Morgan fingerprint density at radius 2 is 1.56 bits per heavy atom. The van der Waals surface area contributed by atoms with Crippen molar-refractivity contribution >= 4 is 0 Å². The molecule has 1 unspecified atom stereocenters. The zero-order valence-corrected chi connectivity index (χ0v) is 11.2. The first kappa shape index (κ1) is 14.9. The fourth-order valence-corrected chi connectivity index (χ4v) is 1.18. The molecule has 1 N–H and O–H groups in total. The van der Waals surface area contributed by atoms with Gasteiger partial charge in [0.2, 0.25) is 0 Å². The van der Waals surface area contributed by atoms with E-state index in [0.29, 0.717) is 6.04 Å². The van der Waals surface area contributed by atoms with Gasteiger partial charge in [0.1, 0.15) is 5.75 Å². The van der Waals surface area contributed by atoms with Crippen molar-refractivity contribution in [1.29, 1.82) is 0 Å². The summed E-state index contributed by atoms with van der Waals surface area (Å²) < 4.78 is 5.10. The largest absolute Gasteiger partial charge is 0.497 e. The molecule has 1 rings (SSSR count). The summed E-state index contributed by atoms with van der Waals surface area (Å²) in [6.45, 7) is 2.18. The maximum absolute atomic E-state index is 5.10. The van der Waals surface area contributed by atoms with Gasteiger partial charge < -0.3 is 15.0 Å². The molecule has 0 spiro atoms. The highest BCUT2D eigenvalue weighted by atomic mass is 16.5. The van der Waals surface area contributed by atoms with E-state index in [2.05, 4.69) is 43.4 Å². The summed E-state index contributed by atoms with van der Waals surface area (Å²) in [4.78, 5) is 2.18.